The van der Waals surface area contributed by atoms with Crippen LogP contribution in [0.15, 0.2) is 30.5 Å². The van der Waals surface area contributed by atoms with Crippen molar-refractivity contribution >= 4 is 16.6 Å². The summed E-state index contributed by atoms with van der Waals surface area (Å²) >= 11 is 0. The molecule has 2 N–H and O–H groups in total. The lowest BCUT2D eigenvalue weighted by molar-refractivity contribution is 0.194. The van der Waals surface area contributed by atoms with E-state index in [0.29, 0.717) is 12.3 Å². The second kappa shape index (κ2) is 8.08. The minimum atomic E-state index is -0.662. The number of aliphatic hydroxyl groups excluding tert-OH is 2. The van der Waals surface area contributed by atoms with Crippen LogP contribution in [-0.2, 0) is 13.0 Å². The first-order chi connectivity index (χ1) is 14.4. The van der Waals surface area contributed by atoms with Crippen LogP contribution in [0, 0.1) is 0 Å². The van der Waals surface area contributed by atoms with Crippen molar-refractivity contribution in [3.05, 3.63) is 52.7 Å². The number of methoxy groups -OCH3 is 2. The molecule has 7 heteroatoms. The Morgan fingerprint density at radius 3 is 2.43 bits per heavy atom. The molecule has 1 aliphatic rings. The summed E-state index contributed by atoms with van der Waals surface area (Å²) in [7, 11) is 3.22. The average Bonchev–Trinajstić information content (AvgIpc) is 2.76. The van der Waals surface area contributed by atoms with Gasteiger partial charge in [-0.1, -0.05) is 0 Å². The fourth-order valence-electron chi connectivity index (χ4n) is 4.24. The van der Waals surface area contributed by atoms with Gasteiger partial charge in [-0.15, -0.1) is 0 Å². The van der Waals surface area contributed by atoms with Crippen LogP contribution in [0.4, 0.5) is 5.69 Å². The standard InChI is InChI=1S/C23H27N3O4/c1-13(27)18-8-16(29-3)7-15-12-26(6-5-17(15)18)22-11-24-25-21-10-23(30-4)19(14(2)28)9-20(21)22/h7-11,13-14,27-28H,5-6,12H2,1-4H3. The van der Waals surface area contributed by atoms with Gasteiger partial charge in [-0.25, -0.2) is 0 Å². The van der Waals surface area contributed by atoms with Gasteiger partial charge in [0, 0.05) is 30.1 Å². The fraction of sp³-hybridized carbons (Fsp3) is 0.391. The first kappa shape index (κ1) is 20.4. The average molecular weight is 409 g/mol. The van der Waals surface area contributed by atoms with Gasteiger partial charge in [0.2, 0.25) is 0 Å². The van der Waals surface area contributed by atoms with E-state index in [1.807, 2.05) is 24.3 Å². The highest BCUT2D eigenvalue weighted by atomic mass is 16.5. The van der Waals surface area contributed by atoms with Gasteiger partial charge in [0.25, 0.3) is 0 Å². The normalized spacial score (nSPS) is 15.6. The molecule has 30 heavy (non-hydrogen) atoms. The summed E-state index contributed by atoms with van der Waals surface area (Å²) in [5.41, 5.74) is 5.62. The van der Waals surface area contributed by atoms with Gasteiger partial charge < -0.3 is 24.6 Å². The van der Waals surface area contributed by atoms with Crippen LogP contribution < -0.4 is 14.4 Å². The van der Waals surface area contributed by atoms with Crippen molar-refractivity contribution in [2.75, 3.05) is 25.7 Å². The Kier molecular flexibility index (Phi) is 5.49. The van der Waals surface area contributed by atoms with Crippen molar-refractivity contribution < 1.29 is 19.7 Å². The number of hydrogen-bond donors (Lipinski definition) is 2. The van der Waals surface area contributed by atoms with Gasteiger partial charge in [-0.3, -0.25) is 0 Å². The smallest absolute Gasteiger partial charge is 0.126 e. The van der Waals surface area contributed by atoms with Crippen LogP contribution in [0.5, 0.6) is 11.5 Å². The second-order valence-corrected chi connectivity index (χ2v) is 7.72. The highest BCUT2D eigenvalue weighted by Gasteiger charge is 2.24. The molecule has 2 unspecified atom stereocenters. The zero-order valence-electron chi connectivity index (χ0n) is 17.7. The third kappa shape index (κ3) is 3.55. The lowest BCUT2D eigenvalue weighted by Gasteiger charge is -2.33. The summed E-state index contributed by atoms with van der Waals surface area (Å²) in [6.07, 6.45) is 1.36. The van der Waals surface area contributed by atoms with E-state index >= 15 is 0 Å². The van der Waals surface area contributed by atoms with Crippen molar-refractivity contribution in [3.63, 3.8) is 0 Å². The van der Waals surface area contributed by atoms with E-state index in [1.165, 1.54) is 5.56 Å². The molecular formula is C23H27N3O4. The number of ether oxygens (including phenoxy) is 2. The molecule has 2 atom stereocenters. The molecule has 0 bridgehead atoms. The number of hydrogen-bond acceptors (Lipinski definition) is 7. The Hall–Kier alpha value is -2.90. The molecule has 1 aromatic heterocycles. The number of nitrogens with zero attached hydrogens (tertiary/aromatic N) is 3. The van der Waals surface area contributed by atoms with Gasteiger partial charge in [0.1, 0.15) is 11.5 Å². The molecule has 0 fully saturated rings. The molecule has 2 heterocycles. The van der Waals surface area contributed by atoms with Gasteiger partial charge >= 0.3 is 0 Å². The van der Waals surface area contributed by atoms with Crippen LogP contribution in [0.25, 0.3) is 10.9 Å². The summed E-state index contributed by atoms with van der Waals surface area (Å²) in [6, 6.07) is 7.71. The highest BCUT2D eigenvalue weighted by molar-refractivity contribution is 5.92. The van der Waals surface area contributed by atoms with Crippen LogP contribution in [0.3, 0.4) is 0 Å². The Bertz CT molecular complexity index is 1080. The molecule has 0 saturated carbocycles. The SMILES string of the molecule is COc1cc2c(c(C(C)O)c1)CCN(c1cnnc3cc(OC)c(C(C)O)cc13)C2. The Balaban J connectivity index is 1.79. The lowest BCUT2D eigenvalue weighted by atomic mass is 9.91. The third-order valence-corrected chi connectivity index (χ3v) is 5.79. The second-order valence-electron chi connectivity index (χ2n) is 7.72. The maximum atomic E-state index is 10.2. The molecule has 2 aromatic carbocycles. The molecule has 0 radical (unpaired) electrons. The topological polar surface area (TPSA) is 87.9 Å². The number of benzene rings is 2. The van der Waals surface area contributed by atoms with Crippen LogP contribution in [0.2, 0.25) is 0 Å². The summed E-state index contributed by atoms with van der Waals surface area (Å²) in [4.78, 5) is 2.25. The minimum absolute atomic E-state index is 0.551. The van der Waals surface area contributed by atoms with Gasteiger partial charge in [0.15, 0.2) is 0 Å². The van der Waals surface area contributed by atoms with E-state index in [4.69, 9.17) is 9.47 Å². The molecule has 3 aromatic rings. The molecule has 4 rings (SSSR count). The molecule has 1 aliphatic heterocycles. The molecule has 0 amide bonds. The lowest BCUT2D eigenvalue weighted by Crippen LogP contribution is -2.31. The summed E-state index contributed by atoms with van der Waals surface area (Å²) in [6.45, 7) is 4.96. The van der Waals surface area contributed by atoms with Crippen LogP contribution in [0.1, 0.15) is 48.3 Å². The van der Waals surface area contributed by atoms with Gasteiger partial charge in [0.05, 0.1) is 43.8 Å². The minimum Gasteiger partial charge on any atom is -0.497 e. The zero-order chi connectivity index (χ0) is 21.4. The van der Waals surface area contributed by atoms with Crippen molar-refractivity contribution in [1.29, 1.82) is 0 Å². The maximum absolute atomic E-state index is 10.2. The fourth-order valence-corrected chi connectivity index (χ4v) is 4.24. The first-order valence-electron chi connectivity index (χ1n) is 10.1. The summed E-state index contributed by atoms with van der Waals surface area (Å²) < 4.78 is 10.9. The van der Waals surface area contributed by atoms with Crippen LogP contribution in [-0.4, -0.2) is 41.2 Å². The maximum Gasteiger partial charge on any atom is 0.126 e. The van der Waals surface area contributed by atoms with Gasteiger partial charge in [-0.2, -0.15) is 10.2 Å². The third-order valence-electron chi connectivity index (χ3n) is 5.79. The Morgan fingerprint density at radius 1 is 1.00 bits per heavy atom. The molecular weight excluding hydrogens is 382 g/mol. The van der Waals surface area contributed by atoms with E-state index in [2.05, 4.69) is 15.1 Å². The van der Waals surface area contributed by atoms with Crippen molar-refractivity contribution in [3.8, 4) is 11.5 Å². The Labute approximate surface area is 175 Å². The molecule has 0 saturated heterocycles. The van der Waals surface area contributed by atoms with Crippen molar-refractivity contribution in [1.82, 2.24) is 10.2 Å². The summed E-state index contributed by atoms with van der Waals surface area (Å²) in [5, 5.41) is 29.8. The van der Waals surface area contributed by atoms with E-state index in [9.17, 15) is 10.2 Å². The molecule has 0 spiro atoms. The molecule has 158 valence electrons. The predicted molar refractivity (Wildman–Crippen MR) is 115 cm³/mol. The predicted octanol–water partition coefficient (Wildman–Crippen LogP) is 3.32. The van der Waals surface area contributed by atoms with Crippen molar-refractivity contribution in [2.24, 2.45) is 0 Å². The number of fused-ring (bicyclic) bond motifs is 2. The molecule has 7 nitrogen and oxygen atoms in total. The van der Waals surface area contributed by atoms with Crippen molar-refractivity contribution in [2.45, 2.75) is 39.0 Å². The monoisotopic (exact) mass is 409 g/mol. The van der Waals surface area contributed by atoms with E-state index in [0.717, 1.165) is 52.0 Å². The van der Waals surface area contributed by atoms with E-state index in [1.54, 1.807) is 34.3 Å². The van der Waals surface area contributed by atoms with Crippen LogP contribution >= 0.6 is 0 Å². The highest BCUT2D eigenvalue weighted by Crippen LogP contribution is 2.37. The summed E-state index contributed by atoms with van der Waals surface area (Å²) in [5.74, 6) is 1.34. The van der Waals surface area contributed by atoms with E-state index < -0.39 is 12.2 Å². The number of aliphatic hydroxyl groups is 2. The number of aromatic nitrogens is 2. The quantitative estimate of drug-likeness (QED) is 0.668. The Morgan fingerprint density at radius 2 is 1.77 bits per heavy atom. The largest absolute Gasteiger partial charge is 0.497 e. The molecule has 0 aliphatic carbocycles. The van der Waals surface area contributed by atoms with Gasteiger partial charge in [-0.05, 0) is 55.2 Å². The zero-order valence-corrected chi connectivity index (χ0v) is 17.7. The number of rotatable bonds is 5. The first-order valence-corrected chi connectivity index (χ1v) is 10.1. The van der Waals surface area contributed by atoms with E-state index in [-0.39, 0.29) is 0 Å². The number of anilines is 1.